The summed E-state index contributed by atoms with van der Waals surface area (Å²) in [6.07, 6.45) is 2.91. The second-order valence-electron chi connectivity index (χ2n) is 7.93. The maximum Gasteiger partial charge on any atom is 0.278 e. The lowest BCUT2D eigenvalue weighted by atomic mass is 10.0. The molecule has 8 heteroatoms. The molecule has 0 radical (unpaired) electrons. The number of rotatable bonds is 6. The Balaban J connectivity index is 1.56. The second kappa shape index (κ2) is 7.68. The lowest BCUT2D eigenvalue weighted by molar-refractivity contribution is -0.120. The molecule has 0 spiro atoms. The van der Waals surface area contributed by atoms with Gasteiger partial charge in [-0.15, -0.1) is 0 Å². The Morgan fingerprint density at radius 3 is 2.79 bits per heavy atom. The van der Waals surface area contributed by atoms with Crippen LogP contribution in [0.3, 0.4) is 0 Å². The van der Waals surface area contributed by atoms with Gasteiger partial charge in [-0.25, -0.2) is 9.97 Å². The van der Waals surface area contributed by atoms with Gasteiger partial charge >= 0.3 is 0 Å². The number of carbonyl (C=O) groups excluding carboxylic acids is 1. The molecule has 1 aliphatic rings. The Bertz CT molecular complexity index is 1080. The number of nitrogens with zero attached hydrogens (tertiary/aromatic N) is 3. The molecule has 0 amide bonds. The molecule has 4 rings (SSSR count). The number of aromatic nitrogens is 3. The van der Waals surface area contributed by atoms with E-state index < -0.39 is 5.60 Å². The van der Waals surface area contributed by atoms with E-state index in [0.717, 1.165) is 31.4 Å². The van der Waals surface area contributed by atoms with E-state index in [9.17, 15) is 14.7 Å². The summed E-state index contributed by atoms with van der Waals surface area (Å²) in [7, 11) is 0. The zero-order chi connectivity index (χ0) is 20.6. The summed E-state index contributed by atoms with van der Waals surface area (Å²) in [5.74, 6) is 0.409. The van der Waals surface area contributed by atoms with E-state index >= 15 is 0 Å². The standard InChI is InChI=1S/C21H24N4O3S/c1-21(2,28)19-23-17(27)16-18(24-19)29-20(22-16)25-12-6-9-14(25)15(26)11-10-13-7-4-3-5-8-13/h3-5,7-8,14,28H,6,9-12H2,1-2H3,(H,23,24,27)/t14-/m1/s1. The predicted octanol–water partition coefficient (Wildman–Crippen LogP) is 2.78. The number of carbonyl (C=O) groups is 1. The maximum absolute atomic E-state index is 12.9. The highest BCUT2D eigenvalue weighted by Crippen LogP contribution is 2.32. The summed E-state index contributed by atoms with van der Waals surface area (Å²) in [5, 5.41) is 10.8. The lowest BCUT2D eigenvalue weighted by Gasteiger charge is -2.22. The van der Waals surface area contributed by atoms with Crippen LogP contribution in [0.5, 0.6) is 0 Å². The quantitative estimate of drug-likeness (QED) is 0.646. The number of ketones is 1. The van der Waals surface area contributed by atoms with Crippen LogP contribution in [0.25, 0.3) is 10.3 Å². The number of thiazole rings is 1. The van der Waals surface area contributed by atoms with Crippen molar-refractivity contribution in [1.82, 2.24) is 15.0 Å². The molecule has 1 aliphatic heterocycles. The minimum atomic E-state index is -1.25. The van der Waals surface area contributed by atoms with Crippen LogP contribution in [0.4, 0.5) is 5.13 Å². The van der Waals surface area contributed by atoms with Gasteiger partial charge in [0.25, 0.3) is 5.56 Å². The number of Topliss-reactive ketones (excluding diaryl/α,β-unsaturated/α-hetero) is 1. The van der Waals surface area contributed by atoms with Crippen LogP contribution in [-0.4, -0.2) is 38.4 Å². The molecule has 2 aromatic heterocycles. The van der Waals surface area contributed by atoms with Crippen molar-refractivity contribution in [2.24, 2.45) is 0 Å². The molecule has 0 saturated carbocycles. The van der Waals surface area contributed by atoms with Gasteiger partial charge in [0.1, 0.15) is 11.4 Å². The van der Waals surface area contributed by atoms with Crippen molar-refractivity contribution in [3.05, 3.63) is 52.1 Å². The molecule has 1 atom stereocenters. The Kier molecular flexibility index (Phi) is 5.23. The van der Waals surface area contributed by atoms with Crippen LogP contribution in [0.15, 0.2) is 35.1 Å². The van der Waals surface area contributed by atoms with E-state index in [-0.39, 0.29) is 28.7 Å². The Labute approximate surface area is 172 Å². The molecule has 0 bridgehead atoms. The largest absolute Gasteiger partial charge is 0.383 e. The Morgan fingerprint density at radius 2 is 2.07 bits per heavy atom. The van der Waals surface area contributed by atoms with Gasteiger partial charge in [-0.1, -0.05) is 41.7 Å². The number of aryl methyl sites for hydroxylation is 1. The van der Waals surface area contributed by atoms with E-state index in [2.05, 4.69) is 15.0 Å². The molecule has 2 N–H and O–H groups in total. The van der Waals surface area contributed by atoms with Gasteiger partial charge in [-0.2, -0.15) is 0 Å². The van der Waals surface area contributed by atoms with E-state index in [1.165, 1.54) is 11.3 Å². The molecule has 0 aliphatic carbocycles. The summed E-state index contributed by atoms with van der Waals surface area (Å²) >= 11 is 1.29. The number of hydrogen-bond donors (Lipinski definition) is 2. The van der Waals surface area contributed by atoms with E-state index in [1.807, 2.05) is 35.2 Å². The zero-order valence-electron chi connectivity index (χ0n) is 16.5. The third-order valence-electron chi connectivity index (χ3n) is 5.21. The first-order valence-electron chi connectivity index (χ1n) is 9.80. The van der Waals surface area contributed by atoms with E-state index in [4.69, 9.17) is 0 Å². The summed E-state index contributed by atoms with van der Waals surface area (Å²) in [6.45, 7) is 3.87. The maximum atomic E-state index is 12.9. The third kappa shape index (κ3) is 4.09. The number of fused-ring (bicyclic) bond motifs is 1. The van der Waals surface area contributed by atoms with Gasteiger partial charge in [0.15, 0.2) is 21.3 Å². The van der Waals surface area contributed by atoms with Gasteiger partial charge in [0.05, 0.1) is 6.04 Å². The van der Waals surface area contributed by atoms with Crippen LogP contribution >= 0.6 is 11.3 Å². The molecule has 1 saturated heterocycles. The average Bonchev–Trinajstić information content (AvgIpc) is 3.33. The van der Waals surface area contributed by atoms with Gasteiger partial charge < -0.3 is 15.0 Å². The van der Waals surface area contributed by atoms with Crippen molar-refractivity contribution in [1.29, 1.82) is 0 Å². The number of hydrogen-bond acceptors (Lipinski definition) is 7. The highest BCUT2D eigenvalue weighted by Gasteiger charge is 2.33. The number of aromatic amines is 1. The minimum Gasteiger partial charge on any atom is -0.383 e. The Hall–Kier alpha value is -2.58. The smallest absolute Gasteiger partial charge is 0.278 e. The summed E-state index contributed by atoms with van der Waals surface area (Å²) < 4.78 is 0. The molecule has 1 fully saturated rings. The third-order valence-corrected chi connectivity index (χ3v) is 6.20. The van der Waals surface area contributed by atoms with Crippen LogP contribution in [-0.2, 0) is 16.8 Å². The van der Waals surface area contributed by atoms with Gasteiger partial charge in [0, 0.05) is 13.0 Å². The van der Waals surface area contributed by atoms with E-state index in [0.29, 0.717) is 16.4 Å². The van der Waals surface area contributed by atoms with Crippen molar-refractivity contribution < 1.29 is 9.90 Å². The first-order valence-corrected chi connectivity index (χ1v) is 10.6. The second-order valence-corrected chi connectivity index (χ2v) is 8.88. The van der Waals surface area contributed by atoms with Gasteiger partial charge in [-0.3, -0.25) is 9.59 Å². The molecule has 29 heavy (non-hydrogen) atoms. The van der Waals surface area contributed by atoms with Crippen LogP contribution in [0, 0.1) is 0 Å². The van der Waals surface area contributed by atoms with Crippen molar-refractivity contribution in [3.8, 4) is 0 Å². The molecular formula is C21H24N4O3S. The SMILES string of the molecule is CC(C)(O)c1nc2sc(N3CCC[C@@H]3C(=O)CCc3ccccc3)nc2c(=O)[nH]1. The van der Waals surface area contributed by atoms with Crippen LogP contribution in [0.2, 0.25) is 0 Å². The van der Waals surface area contributed by atoms with Crippen molar-refractivity contribution in [3.63, 3.8) is 0 Å². The highest BCUT2D eigenvalue weighted by atomic mass is 32.1. The average molecular weight is 413 g/mol. The highest BCUT2D eigenvalue weighted by molar-refractivity contribution is 7.21. The molecule has 0 unspecified atom stereocenters. The van der Waals surface area contributed by atoms with Crippen molar-refractivity contribution >= 4 is 32.6 Å². The number of benzene rings is 1. The van der Waals surface area contributed by atoms with Crippen LogP contribution in [0.1, 0.15) is 44.5 Å². The first-order chi connectivity index (χ1) is 13.8. The van der Waals surface area contributed by atoms with Crippen molar-refractivity contribution in [2.45, 2.75) is 51.2 Å². The normalized spacial score (nSPS) is 17.2. The first kappa shape index (κ1) is 19.7. The number of nitrogens with one attached hydrogen (secondary N) is 1. The minimum absolute atomic E-state index is 0.199. The van der Waals surface area contributed by atoms with Gasteiger partial charge in [-0.05, 0) is 38.7 Å². The molecule has 1 aromatic carbocycles. The lowest BCUT2D eigenvalue weighted by Crippen LogP contribution is -2.36. The summed E-state index contributed by atoms with van der Waals surface area (Å²) in [4.78, 5) is 39.2. The number of anilines is 1. The monoisotopic (exact) mass is 412 g/mol. The predicted molar refractivity (Wildman–Crippen MR) is 113 cm³/mol. The fourth-order valence-electron chi connectivity index (χ4n) is 3.64. The fraction of sp³-hybridized carbons (Fsp3) is 0.429. The summed E-state index contributed by atoms with van der Waals surface area (Å²) in [6, 6.07) is 9.78. The topological polar surface area (TPSA) is 99.2 Å². The summed E-state index contributed by atoms with van der Waals surface area (Å²) in [5.41, 5.74) is -0.220. The zero-order valence-corrected chi connectivity index (χ0v) is 17.3. The molecule has 3 heterocycles. The number of aliphatic hydroxyl groups is 1. The van der Waals surface area contributed by atoms with Gasteiger partial charge in [0.2, 0.25) is 0 Å². The molecular weight excluding hydrogens is 388 g/mol. The van der Waals surface area contributed by atoms with E-state index in [1.54, 1.807) is 13.8 Å². The Morgan fingerprint density at radius 1 is 1.31 bits per heavy atom. The fourth-order valence-corrected chi connectivity index (χ4v) is 4.66. The van der Waals surface area contributed by atoms with Crippen LogP contribution < -0.4 is 10.5 Å². The molecule has 152 valence electrons. The molecule has 3 aromatic rings. The van der Waals surface area contributed by atoms with Crippen molar-refractivity contribution in [2.75, 3.05) is 11.4 Å². The number of H-pyrrole nitrogens is 1. The molecule has 7 nitrogen and oxygen atoms in total.